The number of carbonyl (C=O) groups is 1. The van der Waals surface area contributed by atoms with Crippen molar-refractivity contribution in [1.29, 1.82) is 0 Å². The van der Waals surface area contributed by atoms with E-state index in [9.17, 15) is 4.79 Å². The van der Waals surface area contributed by atoms with Gasteiger partial charge < -0.3 is 9.88 Å². The van der Waals surface area contributed by atoms with E-state index in [1.165, 1.54) is 22.2 Å². The highest BCUT2D eigenvalue weighted by Crippen LogP contribution is 2.29. The molecular formula is C19H17ClN2O. The lowest BCUT2D eigenvalue weighted by Gasteiger charge is -2.27. The molecule has 1 aliphatic rings. The second-order valence-electron chi connectivity index (χ2n) is 6.12. The van der Waals surface area contributed by atoms with Crippen molar-refractivity contribution in [3.63, 3.8) is 0 Å². The molecule has 0 saturated carbocycles. The first-order chi connectivity index (χ1) is 11.1. The summed E-state index contributed by atoms with van der Waals surface area (Å²) in [5.41, 5.74) is 5.54. The monoisotopic (exact) mass is 324 g/mol. The maximum atomic E-state index is 12.7. The first kappa shape index (κ1) is 14.3. The fraction of sp³-hybridized carbons (Fsp3) is 0.211. The van der Waals surface area contributed by atoms with Gasteiger partial charge >= 0.3 is 0 Å². The van der Waals surface area contributed by atoms with E-state index in [0.717, 1.165) is 18.5 Å². The van der Waals surface area contributed by atoms with Crippen LogP contribution in [-0.2, 0) is 13.0 Å². The molecule has 0 spiro atoms. The molecule has 0 saturated heterocycles. The Morgan fingerprint density at radius 3 is 2.91 bits per heavy atom. The quantitative estimate of drug-likeness (QED) is 0.710. The van der Waals surface area contributed by atoms with E-state index >= 15 is 0 Å². The van der Waals surface area contributed by atoms with E-state index in [2.05, 4.69) is 30.1 Å². The van der Waals surface area contributed by atoms with Crippen molar-refractivity contribution in [1.82, 2.24) is 9.88 Å². The first-order valence-electron chi connectivity index (χ1n) is 7.77. The van der Waals surface area contributed by atoms with Crippen LogP contribution in [0.2, 0.25) is 5.02 Å². The molecule has 0 bridgehead atoms. The highest BCUT2D eigenvalue weighted by atomic mass is 35.5. The van der Waals surface area contributed by atoms with Gasteiger partial charge in [-0.3, -0.25) is 4.79 Å². The van der Waals surface area contributed by atoms with Crippen molar-refractivity contribution in [3.05, 3.63) is 69.9 Å². The molecule has 1 N–H and O–H groups in total. The average molecular weight is 325 g/mol. The zero-order valence-electron chi connectivity index (χ0n) is 12.9. The van der Waals surface area contributed by atoms with Gasteiger partial charge in [0.2, 0.25) is 0 Å². The minimum absolute atomic E-state index is 0.0413. The van der Waals surface area contributed by atoms with Crippen LogP contribution in [0.5, 0.6) is 0 Å². The summed E-state index contributed by atoms with van der Waals surface area (Å²) in [6.07, 6.45) is 0.857. The standard InChI is InChI=1S/C19H17ClN2O/c1-12-5-6-15-16-11-22(8-7-17(16)21-18(15)9-12)19(23)13-3-2-4-14(20)10-13/h2-6,9-10,21H,7-8,11H2,1H3. The van der Waals surface area contributed by atoms with Gasteiger partial charge in [-0.15, -0.1) is 0 Å². The molecule has 4 rings (SSSR count). The van der Waals surface area contributed by atoms with Crippen molar-refractivity contribution in [2.75, 3.05) is 6.54 Å². The number of H-pyrrole nitrogens is 1. The van der Waals surface area contributed by atoms with Crippen molar-refractivity contribution >= 4 is 28.4 Å². The van der Waals surface area contributed by atoms with Gasteiger partial charge in [-0.2, -0.15) is 0 Å². The van der Waals surface area contributed by atoms with Gasteiger partial charge in [0.05, 0.1) is 0 Å². The average Bonchev–Trinajstić information content (AvgIpc) is 2.90. The zero-order chi connectivity index (χ0) is 16.0. The van der Waals surface area contributed by atoms with E-state index < -0.39 is 0 Å². The van der Waals surface area contributed by atoms with Gasteiger partial charge in [0.25, 0.3) is 5.91 Å². The summed E-state index contributed by atoms with van der Waals surface area (Å²) in [5, 5.41) is 1.81. The molecule has 1 amide bonds. The summed E-state index contributed by atoms with van der Waals surface area (Å²) in [6, 6.07) is 13.6. The van der Waals surface area contributed by atoms with Gasteiger partial charge in [0.15, 0.2) is 0 Å². The molecule has 1 aliphatic heterocycles. The molecule has 3 aromatic rings. The lowest BCUT2D eigenvalue weighted by atomic mass is 10.0. The SMILES string of the molecule is Cc1ccc2c3c([nH]c2c1)CCN(C(=O)c1cccc(Cl)c1)C3. The second kappa shape index (κ2) is 5.43. The number of rotatable bonds is 1. The second-order valence-corrected chi connectivity index (χ2v) is 6.55. The number of aryl methyl sites for hydroxylation is 1. The Morgan fingerprint density at radius 2 is 2.09 bits per heavy atom. The van der Waals surface area contributed by atoms with Crippen molar-refractivity contribution in [2.24, 2.45) is 0 Å². The third-order valence-corrected chi connectivity index (χ3v) is 4.72. The molecule has 0 fully saturated rings. The van der Waals surface area contributed by atoms with Crippen LogP contribution in [-0.4, -0.2) is 22.3 Å². The van der Waals surface area contributed by atoms with Crippen LogP contribution in [0.4, 0.5) is 0 Å². The van der Waals surface area contributed by atoms with E-state index in [0.29, 0.717) is 17.1 Å². The molecule has 0 atom stereocenters. The normalized spacial score (nSPS) is 14.1. The molecule has 2 aromatic carbocycles. The third kappa shape index (κ3) is 2.51. The molecule has 116 valence electrons. The van der Waals surface area contributed by atoms with Gasteiger partial charge in [-0.25, -0.2) is 0 Å². The Labute approximate surface area is 139 Å². The smallest absolute Gasteiger partial charge is 0.254 e. The Kier molecular flexibility index (Phi) is 3.38. The maximum Gasteiger partial charge on any atom is 0.254 e. The van der Waals surface area contributed by atoms with Crippen LogP contribution in [0.15, 0.2) is 42.5 Å². The molecular weight excluding hydrogens is 308 g/mol. The van der Waals surface area contributed by atoms with Crippen molar-refractivity contribution < 1.29 is 4.79 Å². The van der Waals surface area contributed by atoms with Crippen LogP contribution >= 0.6 is 11.6 Å². The Morgan fingerprint density at radius 1 is 1.22 bits per heavy atom. The molecule has 23 heavy (non-hydrogen) atoms. The predicted molar refractivity (Wildman–Crippen MR) is 92.9 cm³/mol. The number of fused-ring (bicyclic) bond motifs is 3. The number of benzene rings is 2. The van der Waals surface area contributed by atoms with Crippen molar-refractivity contribution in [2.45, 2.75) is 19.9 Å². The number of nitrogens with one attached hydrogen (secondary N) is 1. The number of carbonyl (C=O) groups excluding carboxylic acids is 1. The Hall–Kier alpha value is -2.26. The fourth-order valence-electron chi connectivity index (χ4n) is 3.31. The van der Waals surface area contributed by atoms with Crippen LogP contribution in [0.1, 0.15) is 27.2 Å². The molecule has 4 heteroatoms. The molecule has 2 heterocycles. The summed E-state index contributed by atoms with van der Waals surface area (Å²) in [5.74, 6) is 0.0413. The predicted octanol–water partition coefficient (Wildman–Crippen LogP) is 4.33. The first-order valence-corrected chi connectivity index (χ1v) is 8.14. The summed E-state index contributed by atoms with van der Waals surface area (Å²) in [4.78, 5) is 18.1. The minimum atomic E-state index is 0.0413. The number of hydrogen-bond donors (Lipinski definition) is 1. The number of aromatic nitrogens is 1. The number of aromatic amines is 1. The summed E-state index contributed by atoms with van der Waals surface area (Å²) in [7, 11) is 0. The summed E-state index contributed by atoms with van der Waals surface area (Å²) < 4.78 is 0. The van der Waals surface area contributed by atoms with E-state index in [-0.39, 0.29) is 5.91 Å². The number of halogens is 1. The fourth-order valence-corrected chi connectivity index (χ4v) is 3.50. The number of amides is 1. The van der Waals surface area contributed by atoms with Crippen LogP contribution < -0.4 is 0 Å². The molecule has 0 aliphatic carbocycles. The Balaban J connectivity index is 1.68. The maximum absolute atomic E-state index is 12.7. The number of hydrogen-bond acceptors (Lipinski definition) is 1. The highest BCUT2D eigenvalue weighted by Gasteiger charge is 2.24. The van der Waals surface area contributed by atoms with Crippen molar-refractivity contribution in [3.8, 4) is 0 Å². The summed E-state index contributed by atoms with van der Waals surface area (Å²) in [6.45, 7) is 3.46. The van der Waals surface area contributed by atoms with Gasteiger partial charge in [0, 0.05) is 52.3 Å². The van der Waals surface area contributed by atoms with Crippen LogP contribution in [0, 0.1) is 6.92 Å². The lowest BCUT2D eigenvalue weighted by molar-refractivity contribution is 0.0735. The summed E-state index contributed by atoms with van der Waals surface area (Å²) >= 11 is 6.01. The van der Waals surface area contributed by atoms with Gasteiger partial charge in [-0.05, 0) is 36.8 Å². The highest BCUT2D eigenvalue weighted by molar-refractivity contribution is 6.30. The van der Waals surface area contributed by atoms with Gasteiger partial charge in [-0.1, -0.05) is 29.8 Å². The largest absolute Gasteiger partial charge is 0.358 e. The Bertz CT molecular complexity index is 913. The molecule has 3 nitrogen and oxygen atoms in total. The van der Waals surface area contributed by atoms with E-state index in [4.69, 9.17) is 11.6 Å². The lowest BCUT2D eigenvalue weighted by Crippen LogP contribution is -2.35. The number of nitrogens with zero attached hydrogens (tertiary/aromatic N) is 1. The van der Waals surface area contributed by atoms with Crippen LogP contribution in [0.25, 0.3) is 10.9 Å². The van der Waals surface area contributed by atoms with Crippen LogP contribution in [0.3, 0.4) is 0 Å². The topological polar surface area (TPSA) is 36.1 Å². The van der Waals surface area contributed by atoms with E-state index in [1.807, 2.05) is 17.0 Å². The third-order valence-electron chi connectivity index (χ3n) is 4.49. The van der Waals surface area contributed by atoms with Gasteiger partial charge in [0.1, 0.15) is 0 Å². The molecule has 1 aromatic heterocycles. The zero-order valence-corrected chi connectivity index (χ0v) is 13.7. The van der Waals surface area contributed by atoms with E-state index in [1.54, 1.807) is 12.1 Å². The molecule has 0 unspecified atom stereocenters. The molecule has 0 radical (unpaired) electrons. The minimum Gasteiger partial charge on any atom is -0.358 e.